The molecule has 0 spiro atoms. The molecule has 17 nitrogen and oxygen atoms in total. The van der Waals surface area contributed by atoms with Crippen molar-refractivity contribution in [3.8, 4) is 0 Å². The second kappa shape index (κ2) is 61.0. The van der Waals surface area contributed by atoms with Gasteiger partial charge in [0.1, 0.15) is 19.3 Å². The van der Waals surface area contributed by atoms with Crippen LogP contribution >= 0.6 is 15.6 Å². The molecule has 0 aromatic rings. The first-order valence-corrected chi connectivity index (χ1v) is 39.4. The summed E-state index contributed by atoms with van der Waals surface area (Å²) in [5.74, 6) is 0.203. The lowest BCUT2D eigenvalue weighted by Gasteiger charge is -2.21. The van der Waals surface area contributed by atoms with E-state index in [1.54, 1.807) is 0 Å². The highest BCUT2D eigenvalue weighted by molar-refractivity contribution is 7.47. The van der Waals surface area contributed by atoms with E-state index in [0.29, 0.717) is 31.6 Å². The van der Waals surface area contributed by atoms with Crippen LogP contribution in [0.1, 0.15) is 350 Å². The Bertz CT molecular complexity index is 1750. The number of hydrogen-bond acceptors (Lipinski definition) is 15. The number of carbonyl (C=O) groups is 4. The first-order valence-electron chi connectivity index (χ1n) is 36.4. The third-order valence-electron chi connectivity index (χ3n) is 16.9. The molecular formula is C70H136O17P2. The third-order valence-corrected chi connectivity index (χ3v) is 18.8. The van der Waals surface area contributed by atoms with E-state index in [9.17, 15) is 43.2 Å². The molecule has 0 radical (unpaired) electrons. The van der Waals surface area contributed by atoms with Crippen LogP contribution in [0.15, 0.2) is 0 Å². The van der Waals surface area contributed by atoms with E-state index in [1.807, 2.05) is 0 Å². The van der Waals surface area contributed by atoms with Gasteiger partial charge in [0.05, 0.1) is 26.4 Å². The summed E-state index contributed by atoms with van der Waals surface area (Å²) < 4.78 is 68.0. The Morgan fingerprint density at radius 1 is 0.326 bits per heavy atom. The maximum absolute atomic E-state index is 13.0. The SMILES string of the molecule is CCCCCCCC(=O)OC[C@H](COP(=O)(O)OC[C@H](O)COP(=O)(O)OC[C@@H](COC(=O)CCCCCCCCCCC(C)CC)OC(=O)CCCCCCCCCCCCCCCCCCCCC(C)CC)OC(=O)CCCCCCCCCC(C)C. The summed E-state index contributed by atoms with van der Waals surface area (Å²) >= 11 is 0. The van der Waals surface area contributed by atoms with Crippen molar-refractivity contribution in [2.24, 2.45) is 17.8 Å². The number of phosphoric acid groups is 2. The largest absolute Gasteiger partial charge is 0.472 e. The molecule has 0 aromatic heterocycles. The Balaban J connectivity index is 5.10. The predicted molar refractivity (Wildman–Crippen MR) is 358 cm³/mol. The zero-order chi connectivity index (χ0) is 65.9. The summed E-state index contributed by atoms with van der Waals surface area (Å²) in [4.78, 5) is 72.2. The molecule has 0 aliphatic heterocycles. The summed E-state index contributed by atoms with van der Waals surface area (Å²) in [6.45, 7) is 11.8. The van der Waals surface area contributed by atoms with Gasteiger partial charge < -0.3 is 33.8 Å². The van der Waals surface area contributed by atoms with Crippen LogP contribution in [-0.4, -0.2) is 96.7 Å². The zero-order valence-corrected chi connectivity index (χ0v) is 59.7. The highest BCUT2D eigenvalue weighted by Gasteiger charge is 2.30. The number of carbonyl (C=O) groups excluding carboxylic acids is 4. The van der Waals surface area contributed by atoms with Gasteiger partial charge in [0.2, 0.25) is 0 Å². The maximum Gasteiger partial charge on any atom is 0.472 e. The van der Waals surface area contributed by atoms with E-state index in [-0.39, 0.29) is 25.7 Å². The summed E-state index contributed by atoms with van der Waals surface area (Å²) in [6.07, 6.45) is 45.0. The fourth-order valence-electron chi connectivity index (χ4n) is 10.5. The average molecular weight is 1310 g/mol. The lowest BCUT2D eigenvalue weighted by molar-refractivity contribution is -0.161. The number of esters is 4. The minimum absolute atomic E-state index is 0.102. The van der Waals surface area contributed by atoms with Gasteiger partial charge in [0, 0.05) is 25.7 Å². The lowest BCUT2D eigenvalue weighted by Crippen LogP contribution is -2.30. The fraction of sp³-hybridized carbons (Fsp3) is 0.943. The molecule has 4 unspecified atom stereocenters. The van der Waals surface area contributed by atoms with Gasteiger partial charge in [0.15, 0.2) is 12.2 Å². The Labute approximate surface area is 543 Å². The standard InChI is InChI=1S/C70H136O17P2/c1-8-11-12-34-44-51-67(72)80-57-65(86-70(75)54-47-40-33-27-28-35-41-48-61(4)5)59-84-88(76,77)82-55-64(71)56-83-89(78,79)85-60-66(58-81-68(73)52-45-38-31-26-25-30-37-43-50-63(7)10-3)87-69(74)53-46-39-32-24-22-20-18-16-14-13-15-17-19-21-23-29-36-42-49-62(6)9-2/h61-66,71H,8-60H2,1-7H3,(H,76,77)(H,78,79)/t62?,63?,64-,65+,66+/m0/s1. The number of hydrogen-bond donors (Lipinski definition) is 3. The highest BCUT2D eigenvalue weighted by Crippen LogP contribution is 2.45. The van der Waals surface area contributed by atoms with Crippen molar-refractivity contribution in [2.75, 3.05) is 39.6 Å². The van der Waals surface area contributed by atoms with Gasteiger partial charge in [-0.3, -0.25) is 37.3 Å². The molecule has 89 heavy (non-hydrogen) atoms. The summed E-state index contributed by atoms with van der Waals surface area (Å²) in [5, 5.41) is 10.5. The van der Waals surface area contributed by atoms with Crippen molar-refractivity contribution < 1.29 is 80.2 Å². The molecule has 528 valence electrons. The topological polar surface area (TPSA) is 237 Å². The van der Waals surface area contributed by atoms with Crippen molar-refractivity contribution in [3.05, 3.63) is 0 Å². The number of aliphatic hydroxyl groups excluding tert-OH is 1. The third kappa shape index (κ3) is 62.0. The molecule has 0 amide bonds. The molecule has 0 saturated carbocycles. The molecule has 19 heteroatoms. The van der Waals surface area contributed by atoms with Crippen LogP contribution in [0.3, 0.4) is 0 Å². The zero-order valence-electron chi connectivity index (χ0n) is 57.9. The van der Waals surface area contributed by atoms with E-state index in [2.05, 4.69) is 48.5 Å². The quantitative estimate of drug-likeness (QED) is 0.0222. The highest BCUT2D eigenvalue weighted by atomic mass is 31.2. The summed E-state index contributed by atoms with van der Waals surface area (Å²) in [5.41, 5.74) is 0. The summed E-state index contributed by atoms with van der Waals surface area (Å²) in [7, 11) is -9.89. The van der Waals surface area contributed by atoms with E-state index >= 15 is 0 Å². The van der Waals surface area contributed by atoms with Gasteiger partial charge in [-0.15, -0.1) is 0 Å². The maximum atomic E-state index is 13.0. The minimum atomic E-state index is -4.95. The van der Waals surface area contributed by atoms with Gasteiger partial charge in [-0.2, -0.15) is 0 Å². The van der Waals surface area contributed by atoms with Crippen molar-refractivity contribution in [1.82, 2.24) is 0 Å². The number of ether oxygens (including phenoxy) is 4. The van der Waals surface area contributed by atoms with Gasteiger partial charge in [-0.25, -0.2) is 9.13 Å². The Hall–Kier alpha value is -1.94. The molecule has 7 atom stereocenters. The van der Waals surface area contributed by atoms with Crippen LogP contribution < -0.4 is 0 Å². The first-order chi connectivity index (χ1) is 42.8. The van der Waals surface area contributed by atoms with E-state index in [0.717, 1.165) is 108 Å². The van der Waals surface area contributed by atoms with Crippen molar-refractivity contribution in [3.63, 3.8) is 0 Å². The van der Waals surface area contributed by atoms with Gasteiger partial charge >= 0.3 is 39.5 Å². The Kier molecular flexibility index (Phi) is 59.6. The van der Waals surface area contributed by atoms with Crippen LogP contribution in [0.4, 0.5) is 0 Å². The number of rotatable bonds is 68. The number of phosphoric ester groups is 2. The molecule has 0 aliphatic carbocycles. The van der Waals surface area contributed by atoms with Crippen LogP contribution in [0.5, 0.6) is 0 Å². The minimum Gasteiger partial charge on any atom is -0.462 e. The lowest BCUT2D eigenvalue weighted by atomic mass is 9.99. The van der Waals surface area contributed by atoms with E-state index in [4.69, 9.17) is 37.0 Å². The molecule has 0 bridgehead atoms. The van der Waals surface area contributed by atoms with Gasteiger partial charge in [0.25, 0.3) is 0 Å². The van der Waals surface area contributed by atoms with Gasteiger partial charge in [-0.1, -0.05) is 299 Å². The van der Waals surface area contributed by atoms with Crippen molar-refractivity contribution in [2.45, 2.75) is 369 Å². The van der Waals surface area contributed by atoms with Crippen molar-refractivity contribution in [1.29, 1.82) is 0 Å². The average Bonchev–Trinajstić information content (AvgIpc) is 3.72. The van der Waals surface area contributed by atoms with E-state index in [1.165, 1.54) is 154 Å². The van der Waals surface area contributed by atoms with Gasteiger partial charge in [-0.05, 0) is 43.4 Å². The second-order valence-corrected chi connectivity index (χ2v) is 29.1. The van der Waals surface area contributed by atoms with E-state index < -0.39 is 97.5 Å². The fourth-order valence-corrected chi connectivity index (χ4v) is 12.1. The Morgan fingerprint density at radius 2 is 0.573 bits per heavy atom. The Morgan fingerprint density at radius 3 is 0.854 bits per heavy atom. The van der Waals surface area contributed by atoms with Crippen LogP contribution in [0.25, 0.3) is 0 Å². The van der Waals surface area contributed by atoms with Crippen LogP contribution in [0.2, 0.25) is 0 Å². The molecule has 3 N–H and O–H groups in total. The van der Waals surface area contributed by atoms with Crippen LogP contribution in [-0.2, 0) is 65.4 Å². The second-order valence-electron chi connectivity index (χ2n) is 26.2. The summed E-state index contributed by atoms with van der Waals surface area (Å²) in [6, 6.07) is 0. The van der Waals surface area contributed by atoms with Crippen LogP contribution in [0, 0.1) is 17.8 Å². The predicted octanol–water partition coefficient (Wildman–Crippen LogP) is 19.8. The smallest absolute Gasteiger partial charge is 0.462 e. The molecular weight excluding hydrogens is 1170 g/mol. The number of aliphatic hydroxyl groups is 1. The molecule has 0 aliphatic rings. The van der Waals surface area contributed by atoms with Crippen molar-refractivity contribution >= 4 is 39.5 Å². The molecule has 0 aromatic carbocycles. The molecule has 0 rings (SSSR count). The first kappa shape index (κ1) is 87.1. The number of unbranched alkanes of at least 4 members (excludes halogenated alkanes) is 34. The monoisotopic (exact) mass is 1310 g/mol. The molecule has 0 saturated heterocycles. The molecule has 0 heterocycles. The normalized spacial score (nSPS) is 14.8. The molecule has 0 fully saturated rings.